The zero-order chi connectivity index (χ0) is 17.8. The van der Waals surface area contributed by atoms with Gasteiger partial charge in [-0.2, -0.15) is 0 Å². The number of aromatic nitrogens is 1. The molecule has 0 aliphatic carbocycles. The van der Waals surface area contributed by atoms with E-state index in [2.05, 4.69) is 27.0 Å². The van der Waals surface area contributed by atoms with E-state index in [1.165, 1.54) is 0 Å². The van der Waals surface area contributed by atoms with Crippen LogP contribution in [0.4, 0.5) is 11.4 Å². The van der Waals surface area contributed by atoms with Crippen LogP contribution in [0.3, 0.4) is 0 Å². The quantitative estimate of drug-likeness (QED) is 0.909. The number of amides is 1. The number of likely N-dealkylation sites (N-methyl/N-ethyl adjacent to an activating group) is 1. The number of hydrogen-bond donors (Lipinski definition) is 1. The number of piperazine rings is 1. The van der Waals surface area contributed by atoms with Gasteiger partial charge in [-0.05, 0) is 43.3 Å². The lowest BCUT2D eigenvalue weighted by Gasteiger charge is -2.35. The molecule has 1 N–H and O–H groups in total. The van der Waals surface area contributed by atoms with Crippen molar-refractivity contribution in [1.82, 2.24) is 9.88 Å². The van der Waals surface area contributed by atoms with Crippen LogP contribution in [0.2, 0.25) is 5.02 Å². The van der Waals surface area contributed by atoms with Gasteiger partial charge < -0.3 is 15.1 Å². The van der Waals surface area contributed by atoms with Crippen LogP contribution in [0.1, 0.15) is 23.0 Å². The van der Waals surface area contributed by atoms with E-state index in [0.717, 1.165) is 44.0 Å². The number of pyridine rings is 1. The van der Waals surface area contributed by atoms with Crippen molar-refractivity contribution in [2.24, 2.45) is 0 Å². The summed E-state index contributed by atoms with van der Waals surface area (Å²) in [5, 5.41) is 3.46. The van der Waals surface area contributed by atoms with Gasteiger partial charge >= 0.3 is 0 Å². The van der Waals surface area contributed by atoms with E-state index in [0.29, 0.717) is 16.4 Å². The van der Waals surface area contributed by atoms with Crippen molar-refractivity contribution in [2.45, 2.75) is 13.8 Å². The maximum absolute atomic E-state index is 12.3. The third kappa shape index (κ3) is 4.30. The van der Waals surface area contributed by atoms with Crippen LogP contribution in [-0.4, -0.2) is 48.5 Å². The molecule has 6 heteroatoms. The van der Waals surface area contributed by atoms with Crippen LogP contribution in [0.15, 0.2) is 36.5 Å². The molecule has 0 bridgehead atoms. The molecule has 1 aliphatic rings. The molecular formula is C19H23ClN4O. The van der Waals surface area contributed by atoms with Gasteiger partial charge in [0.1, 0.15) is 5.69 Å². The Kier molecular flexibility index (Phi) is 5.56. The first-order valence-corrected chi connectivity index (χ1v) is 8.95. The lowest BCUT2D eigenvalue weighted by molar-refractivity contribution is 0.102. The Morgan fingerprint density at radius 3 is 2.56 bits per heavy atom. The summed E-state index contributed by atoms with van der Waals surface area (Å²) in [6, 6.07) is 9.19. The fourth-order valence-electron chi connectivity index (χ4n) is 2.90. The molecule has 0 spiro atoms. The van der Waals surface area contributed by atoms with E-state index in [1.54, 1.807) is 18.3 Å². The highest BCUT2D eigenvalue weighted by atomic mass is 35.5. The van der Waals surface area contributed by atoms with Gasteiger partial charge in [0.25, 0.3) is 5.91 Å². The second-order valence-electron chi connectivity index (χ2n) is 6.24. The van der Waals surface area contributed by atoms with Crippen molar-refractivity contribution >= 4 is 28.9 Å². The van der Waals surface area contributed by atoms with Crippen molar-refractivity contribution in [1.29, 1.82) is 0 Å². The van der Waals surface area contributed by atoms with Crippen LogP contribution < -0.4 is 10.2 Å². The predicted molar refractivity (Wildman–Crippen MR) is 103 cm³/mol. The topological polar surface area (TPSA) is 48.5 Å². The van der Waals surface area contributed by atoms with Crippen LogP contribution in [0.25, 0.3) is 0 Å². The van der Waals surface area contributed by atoms with E-state index in [9.17, 15) is 4.79 Å². The van der Waals surface area contributed by atoms with Gasteiger partial charge in [-0.3, -0.25) is 4.79 Å². The van der Waals surface area contributed by atoms with Gasteiger partial charge in [0.05, 0.1) is 11.9 Å². The van der Waals surface area contributed by atoms with Crippen molar-refractivity contribution < 1.29 is 4.79 Å². The summed E-state index contributed by atoms with van der Waals surface area (Å²) in [6.07, 6.45) is 1.78. The number of carbonyl (C=O) groups is 1. The molecule has 0 atom stereocenters. The molecule has 2 heterocycles. The number of nitrogens with zero attached hydrogens (tertiary/aromatic N) is 3. The van der Waals surface area contributed by atoms with E-state index < -0.39 is 0 Å². The van der Waals surface area contributed by atoms with E-state index >= 15 is 0 Å². The molecule has 0 saturated carbocycles. The van der Waals surface area contributed by atoms with Crippen LogP contribution >= 0.6 is 11.6 Å². The van der Waals surface area contributed by atoms with Gasteiger partial charge in [0, 0.05) is 36.9 Å². The molecule has 3 rings (SSSR count). The maximum Gasteiger partial charge on any atom is 0.274 e. The highest BCUT2D eigenvalue weighted by molar-refractivity contribution is 6.31. The number of halogens is 1. The number of anilines is 2. The largest absolute Gasteiger partial charge is 0.368 e. The lowest BCUT2D eigenvalue weighted by atomic mass is 10.2. The Balaban J connectivity index is 1.63. The first-order valence-electron chi connectivity index (χ1n) is 8.57. The van der Waals surface area contributed by atoms with E-state index in [1.807, 2.05) is 25.1 Å². The first-order chi connectivity index (χ1) is 12.1. The third-order valence-electron chi connectivity index (χ3n) is 4.59. The second-order valence-corrected chi connectivity index (χ2v) is 6.65. The number of nitrogens with one attached hydrogen (secondary N) is 1. The molecule has 1 saturated heterocycles. The molecule has 0 radical (unpaired) electrons. The number of rotatable bonds is 4. The predicted octanol–water partition coefficient (Wildman–Crippen LogP) is 3.44. The molecule has 132 valence electrons. The molecule has 5 nitrogen and oxygen atoms in total. The zero-order valence-corrected chi connectivity index (χ0v) is 15.4. The second kappa shape index (κ2) is 7.85. The highest BCUT2D eigenvalue weighted by Crippen LogP contribution is 2.21. The molecule has 25 heavy (non-hydrogen) atoms. The van der Waals surface area contributed by atoms with Crippen LogP contribution in [0.5, 0.6) is 0 Å². The number of carbonyl (C=O) groups excluding carboxylic acids is 1. The van der Waals surface area contributed by atoms with Gasteiger partial charge in [0.2, 0.25) is 0 Å². The van der Waals surface area contributed by atoms with Crippen molar-refractivity contribution in [2.75, 3.05) is 42.9 Å². The average molecular weight is 359 g/mol. The Morgan fingerprint density at radius 2 is 1.96 bits per heavy atom. The summed E-state index contributed by atoms with van der Waals surface area (Å²) in [5.41, 5.74) is 3.10. The van der Waals surface area contributed by atoms with Gasteiger partial charge in [0.15, 0.2) is 0 Å². The van der Waals surface area contributed by atoms with Gasteiger partial charge in [-0.15, -0.1) is 0 Å². The molecule has 2 aromatic rings. The molecular weight excluding hydrogens is 336 g/mol. The highest BCUT2D eigenvalue weighted by Gasteiger charge is 2.16. The molecule has 1 aromatic carbocycles. The van der Waals surface area contributed by atoms with Crippen LogP contribution in [-0.2, 0) is 0 Å². The minimum atomic E-state index is -0.234. The monoisotopic (exact) mass is 358 g/mol. The number of benzene rings is 1. The fraction of sp³-hybridized carbons (Fsp3) is 0.368. The van der Waals surface area contributed by atoms with Gasteiger partial charge in [-0.1, -0.05) is 24.6 Å². The van der Waals surface area contributed by atoms with Crippen LogP contribution in [0, 0.1) is 6.92 Å². The molecule has 1 aliphatic heterocycles. The first kappa shape index (κ1) is 17.7. The summed E-state index contributed by atoms with van der Waals surface area (Å²) in [5.74, 6) is -0.234. The SMILES string of the molecule is CCN1CCN(c2ccc(C(=O)Nc3ccc(C)c(Cl)c3)nc2)CC1. The molecule has 1 amide bonds. The van der Waals surface area contributed by atoms with Crippen molar-refractivity contribution in [3.63, 3.8) is 0 Å². The maximum atomic E-state index is 12.3. The minimum absolute atomic E-state index is 0.234. The smallest absolute Gasteiger partial charge is 0.274 e. The average Bonchev–Trinajstić information content (AvgIpc) is 2.65. The molecule has 0 unspecified atom stereocenters. The zero-order valence-electron chi connectivity index (χ0n) is 14.6. The molecule has 1 aromatic heterocycles. The summed E-state index contributed by atoms with van der Waals surface area (Å²) >= 11 is 6.09. The summed E-state index contributed by atoms with van der Waals surface area (Å²) in [4.78, 5) is 21.4. The standard InChI is InChI=1S/C19H23ClN4O/c1-3-23-8-10-24(11-9-23)16-6-7-18(21-13-16)19(25)22-15-5-4-14(2)17(20)12-15/h4-7,12-13H,3,8-11H2,1-2H3,(H,22,25). The Labute approximate surface area is 153 Å². The summed E-state index contributed by atoms with van der Waals surface area (Å²) in [6.45, 7) is 9.31. The van der Waals surface area contributed by atoms with Crippen molar-refractivity contribution in [3.05, 3.63) is 52.8 Å². The van der Waals surface area contributed by atoms with Gasteiger partial charge in [-0.25, -0.2) is 4.98 Å². The third-order valence-corrected chi connectivity index (χ3v) is 5.00. The fourth-order valence-corrected chi connectivity index (χ4v) is 3.08. The normalized spacial score (nSPS) is 15.2. The Morgan fingerprint density at radius 1 is 1.20 bits per heavy atom. The molecule has 1 fully saturated rings. The summed E-state index contributed by atoms with van der Waals surface area (Å²) < 4.78 is 0. The summed E-state index contributed by atoms with van der Waals surface area (Å²) in [7, 11) is 0. The Bertz CT molecular complexity index is 740. The number of hydrogen-bond acceptors (Lipinski definition) is 4. The Hall–Kier alpha value is -2.11. The minimum Gasteiger partial charge on any atom is -0.368 e. The van der Waals surface area contributed by atoms with Crippen molar-refractivity contribution in [3.8, 4) is 0 Å². The lowest BCUT2D eigenvalue weighted by Crippen LogP contribution is -2.46. The van der Waals surface area contributed by atoms with E-state index in [-0.39, 0.29) is 5.91 Å². The number of aryl methyl sites for hydroxylation is 1. The van der Waals surface area contributed by atoms with E-state index in [4.69, 9.17) is 11.6 Å².